The number of aliphatic hydroxyl groups excluding tert-OH is 1. The molecule has 10 heteroatoms. The molecule has 1 atom stereocenters. The monoisotopic (exact) mass is 540 g/mol. The molecular weight excluding hydrogens is 504 g/mol. The molecule has 0 bridgehead atoms. The van der Waals surface area contributed by atoms with Crippen LogP contribution < -0.4 is 20.7 Å². The van der Waals surface area contributed by atoms with Gasteiger partial charge in [-0.1, -0.05) is 16.8 Å². The third kappa shape index (κ3) is 5.52. The number of hydrogen-bond acceptors (Lipinski definition) is 9. The first kappa shape index (κ1) is 26.9. The highest BCUT2D eigenvalue weighted by Gasteiger charge is 2.44. The molecule has 1 aliphatic heterocycles. The summed E-state index contributed by atoms with van der Waals surface area (Å²) in [4.78, 5) is 9.94. The predicted molar refractivity (Wildman–Crippen MR) is 149 cm³/mol. The summed E-state index contributed by atoms with van der Waals surface area (Å²) in [5, 5.41) is 24.9. The molecule has 3 heterocycles. The Bertz CT molecular complexity index is 1260. The lowest BCUT2D eigenvalue weighted by Crippen LogP contribution is -2.50. The maximum atomic E-state index is 10.1. The van der Waals surface area contributed by atoms with E-state index in [1.165, 1.54) is 12.8 Å². The van der Waals surface area contributed by atoms with E-state index in [-0.39, 0.29) is 6.61 Å². The van der Waals surface area contributed by atoms with Gasteiger partial charge in [-0.15, -0.1) is 0 Å². The zero-order chi connectivity index (χ0) is 26.9. The predicted octanol–water partition coefficient (Wildman–Crippen LogP) is 4.28. The first-order valence-electron chi connectivity index (χ1n) is 13.3. The molecule has 5 rings (SSSR count). The number of rotatable bonds is 9. The van der Waals surface area contributed by atoms with E-state index in [9.17, 15) is 5.11 Å². The van der Waals surface area contributed by atoms with E-state index < -0.39 is 6.10 Å². The second-order valence-corrected chi connectivity index (χ2v) is 11.1. The lowest BCUT2D eigenvalue weighted by molar-refractivity contribution is 0.0717. The summed E-state index contributed by atoms with van der Waals surface area (Å²) in [6.07, 6.45) is 4.13. The maximum Gasteiger partial charge on any atom is 0.163 e. The SMILES string of the molecule is CNCC(O)COc1ccc(Cl)c(-c2nc(NC3CC4(CCNCC4)C3)c(C)c(-c3c(C)noc3C)n2)c1. The number of nitrogens with one attached hydrogen (secondary N) is 3. The van der Waals surface area contributed by atoms with Crippen LogP contribution >= 0.6 is 11.6 Å². The standard InChI is InChI=1S/C28H37ClN6O3/c1-16-25(24-17(2)35-38-18(24)3)33-27(22-11-21(5-6-23(22)29)37-15-20(36)14-30-4)34-26(16)32-19-12-28(13-19)7-9-31-10-8-28/h5-6,11,19-20,30-31,36H,7-10,12-15H2,1-4H3,(H,32,33,34). The van der Waals surface area contributed by atoms with Crippen molar-refractivity contribution in [3.8, 4) is 28.4 Å². The second kappa shape index (κ2) is 11.2. The number of hydrogen-bond donors (Lipinski definition) is 4. The van der Waals surface area contributed by atoms with Crippen LogP contribution in [0.1, 0.15) is 42.7 Å². The van der Waals surface area contributed by atoms with Crippen LogP contribution in [0.2, 0.25) is 5.02 Å². The Kier molecular flexibility index (Phi) is 7.90. The van der Waals surface area contributed by atoms with E-state index in [0.29, 0.717) is 45.9 Å². The van der Waals surface area contributed by atoms with Gasteiger partial charge in [-0.25, -0.2) is 9.97 Å². The number of piperidine rings is 1. The first-order valence-corrected chi connectivity index (χ1v) is 13.7. The van der Waals surface area contributed by atoms with Gasteiger partial charge in [0.05, 0.1) is 22.0 Å². The molecule has 0 radical (unpaired) electrons. The molecule has 2 aliphatic rings. The molecule has 2 aromatic heterocycles. The Hall–Kier alpha value is -2.72. The summed E-state index contributed by atoms with van der Waals surface area (Å²) in [5.74, 6) is 2.59. The van der Waals surface area contributed by atoms with Crippen LogP contribution in [0.15, 0.2) is 22.7 Å². The van der Waals surface area contributed by atoms with Gasteiger partial charge in [0.25, 0.3) is 0 Å². The summed E-state index contributed by atoms with van der Waals surface area (Å²) in [6.45, 7) is 8.66. The average Bonchev–Trinajstić information content (AvgIpc) is 3.22. The minimum Gasteiger partial charge on any atom is -0.491 e. The van der Waals surface area contributed by atoms with Gasteiger partial charge >= 0.3 is 0 Å². The molecule has 3 aromatic rings. The Morgan fingerprint density at radius 2 is 1.97 bits per heavy atom. The molecule has 1 aromatic carbocycles. The van der Waals surface area contributed by atoms with Crippen molar-refractivity contribution in [1.82, 2.24) is 25.8 Å². The number of aliphatic hydroxyl groups is 1. The molecule has 2 fully saturated rings. The van der Waals surface area contributed by atoms with Crippen molar-refractivity contribution in [2.75, 3.05) is 38.6 Å². The zero-order valence-corrected chi connectivity index (χ0v) is 23.3. The fourth-order valence-electron chi connectivity index (χ4n) is 5.74. The van der Waals surface area contributed by atoms with Crippen molar-refractivity contribution in [3.63, 3.8) is 0 Å². The average molecular weight is 541 g/mol. The summed E-state index contributed by atoms with van der Waals surface area (Å²) >= 11 is 6.66. The topological polar surface area (TPSA) is 117 Å². The lowest BCUT2D eigenvalue weighted by Gasteiger charge is -2.50. The molecule has 1 unspecified atom stereocenters. The third-order valence-electron chi connectivity index (χ3n) is 7.84. The number of anilines is 1. The highest BCUT2D eigenvalue weighted by molar-refractivity contribution is 6.33. The van der Waals surface area contributed by atoms with E-state index in [2.05, 4.69) is 21.1 Å². The highest BCUT2D eigenvalue weighted by Crippen LogP contribution is 2.49. The summed E-state index contributed by atoms with van der Waals surface area (Å²) < 4.78 is 11.3. The van der Waals surface area contributed by atoms with Gasteiger partial charge in [0, 0.05) is 23.7 Å². The molecule has 0 amide bonds. The summed E-state index contributed by atoms with van der Waals surface area (Å²) in [5.41, 5.74) is 4.48. The van der Waals surface area contributed by atoms with Gasteiger partial charge in [-0.05, 0) is 90.2 Å². The fraction of sp³-hybridized carbons (Fsp3) is 0.536. The Balaban J connectivity index is 1.49. The molecule has 4 N–H and O–H groups in total. The maximum absolute atomic E-state index is 10.1. The molecule has 1 saturated heterocycles. The largest absolute Gasteiger partial charge is 0.491 e. The van der Waals surface area contributed by atoms with Crippen LogP contribution in [-0.4, -0.2) is 65.7 Å². The van der Waals surface area contributed by atoms with Crippen molar-refractivity contribution in [3.05, 3.63) is 40.2 Å². The number of aryl methyl sites for hydroxylation is 2. The van der Waals surface area contributed by atoms with Crippen molar-refractivity contribution in [2.45, 2.75) is 58.6 Å². The minimum absolute atomic E-state index is 0.159. The van der Waals surface area contributed by atoms with E-state index in [0.717, 1.165) is 54.3 Å². The second-order valence-electron chi connectivity index (χ2n) is 10.7. The van der Waals surface area contributed by atoms with Gasteiger partial charge in [-0.3, -0.25) is 0 Å². The Morgan fingerprint density at radius 3 is 2.66 bits per heavy atom. The molecule has 1 spiro atoms. The number of likely N-dealkylation sites (N-methyl/N-ethyl adjacent to an activating group) is 1. The van der Waals surface area contributed by atoms with Crippen LogP contribution in [0, 0.1) is 26.2 Å². The number of aromatic nitrogens is 3. The zero-order valence-electron chi connectivity index (χ0n) is 22.5. The van der Waals surface area contributed by atoms with Crippen LogP contribution in [-0.2, 0) is 0 Å². The Morgan fingerprint density at radius 1 is 1.21 bits per heavy atom. The molecule has 1 saturated carbocycles. The van der Waals surface area contributed by atoms with Crippen LogP contribution in [0.25, 0.3) is 22.6 Å². The molecule has 1 aliphatic carbocycles. The van der Waals surface area contributed by atoms with Gasteiger partial charge < -0.3 is 30.3 Å². The molecule has 38 heavy (non-hydrogen) atoms. The van der Waals surface area contributed by atoms with Crippen molar-refractivity contribution >= 4 is 17.4 Å². The van der Waals surface area contributed by atoms with Crippen LogP contribution in [0.3, 0.4) is 0 Å². The van der Waals surface area contributed by atoms with E-state index >= 15 is 0 Å². The van der Waals surface area contributed by atoms with Crippen LogP contribution in [0.5, 0.6) is 5.75 Å². The number of benzene rings is 1. The van der Waals surface area contributed by atoms with Crippen molar-refractivity contribution < 1.29 is 14.4 Å². The van der Waals surface area contributed by atoms with Crippen LogP contribution in [0.4, 0.5) is 5.82 Å². The number of ether oxygens (including phenoxy) is 1. The van der Waals surface area contributed by atoms with E-state index in [1.54, 1.807) is 19.2 Å². The normalized spacial score (nSPS) is 17.8. The summed E-state index contributed by atoms with van der Waals surface area (Å²) in [7, 11) is 1.79. The van der Waals surface area contributed by atoms with Crippen molar-refractivity contribution in [1.29, 1.82) is 0 Å². The van der Waals surface area contributed by atoms with Gasteiger partial charge in [-0.2, -0.15) is 0 Å². The number of nitrogens with zero attached hydrogens (tertiary/aromatic N) is 3. The number of halogens is 1. The quantitative estimate of drug-likeness (QED) is 0.315. The van der Waals surface area contributed by atoms with E-state index in [1.807, 2.05) is 26.8 Å². The molecular formula is C28H37ClN6O3. The third-order valence-corrected chi connectivity index (χ3v) is 8.17. The van der Waals surface area contributed by atoms with Gasteiger partial charge in [0.1, 0.15) is 30.0 Å². The Labute approximate surface area is 228 Å². The summed E-state index contributed by atoms with van der Waals surface area (Å²) in [6, 6.07) is 5.75. The first-order chi connectivity index (χ1) is 18.3. The van der Waals surface area contributed by atoms with Crippen molar-refractivity contribution in [2.24, 2.45) is 5.41 Å². The molecule has 204 valence electrons. The lowest BCUT2D eigenvalue weighted by atomic mass is 9.60. The minimum atomic E-state index is -0.623. The van der Waals surface area contributed by atoms with E-state index in [4.69, 9.17) is 30.8 Å². The highest BCUT2D eigenvalue weighted by atomic mass is 35.5. The van der Waals surface area contributed by atoms with Gasteiger partial charge in [0.2, 0.25) is 0 Å². The smallest absolute Gasteiger partial charge is 0.163 e. The fourth-order valence-corrected chi connectivity index (χ4v) is 5.94. The van der Waals surface area contributed by atoms with Gasteiger partial charge in [0.15, 0.2) is 5.82 Å². The molecule has 9 nitrogen and oxygen atoms in total.